The average Bonchev–Trinajstić information content (AvgIpc) is 2.30. The molecule has 1 unspecified atom stereocenters. The van der Waals surface area contributed by atoms with Crippen LogP contribution in [0.3, 0.4) is 0 Å². The largest absolute Gasteiger partial charge is 0.377 e. The number of carbonyl (C=O) groups is 2. The third kappa shape index (κ3) is 2.33. The number of nitrogens with zero attached hydrogens (tertiary/aromatic N) is 1. The van der Waals surface area contributed by atoms with Gasteiger partial charge in [-0.15, -0.1) is 0 Å². The highest BCUT2D eigenvalue weighted by molar-refractivity contribution is 5.87. The van der Waals surface area contributed by atoms with Crippen LogP contribution < -0.4 is 10.6 Å². The van der Waals surface area contributed by atoms with Gasteiger partial charge in [0.15, 0.2) is 0 Å². The first-order chi connectivity index (χ1) is 7.68. The second kappa shape index (κ2) is 4.80. The Kier molecular flexibility index (Phi) is 3.40. The van der Waals surface area contributed by atoms with Crippen molar-refractivity contribution in [2.24, 2.45) is 0 Å². The van der Waals surface area contributed by atoms with E-state index in [-0.39, 0.29) is 30.4 Å². The van der Waals surface area contributed by atoms with Gasteiger partial charge in [-0.2, -0.15) is 0 Å². The summed E-state index contributed by atoms with van der Waals surface area (Å²) in [5.74, 6) is -0.00474. The first-order valence-corrected chi connectivity index (χ1v) is 5.57. The molecule has 2 fully saturated rings. The van der Waals surface area contributed by atoms with E-state index in [4.69, 9.17) is 4.74 Å². The van der Waals surface area contributed by atoms with Crippen molar-refractivity contribution in [3.05, 3.63) is 0 Å². The summed E-state index contributed by atoms with van der Waals surface area (Å²) in [5, 5.41) is 5.63. The van der Waals surface area contributed by atoms with Gasteiger partial charge in [0.05, 0.1) is 25.8 Å². The summed E-state index contributed by atoms with van der Waals surface area (Å²) in [7, 11) is 0. The molecule has 2 heterocycles. The summed E-state index contributed by atoms with van der Waals surface area (Å²) >= 11 is 0. The molecular weight excluding hydrogens is 210 g/mol. The first-order valence-electron chi connectivity index (χ1n) is 5.57. The number of hydrogen-bond donors (Lipinski definition) is 2. The molecule has 2 saturated heterocycles. The lowest BCUT2D eigenvalue weighted by Crippen LogP contribution is -2.61. The lowest BCUT2D eigenvalue weighted by Gasteiger charge is -2.36. The summed E-state index contributed by atoms with van der Waals surface area (Å²) in [6, 6.07) is -0.182. The quantitative estimate of drug-likeness (QED) is 0.561. The fourth-order valence-corrected chi connectivity index (χ4v) is 2.00. The van der Waals surface area contributed by atoms with Gasteiger partial charge < -0.3 is 15.0 Å². The fourth-order valence-electron chi connectivity index (χ4n) is 2.00. The van der Waals surface area contributed by atoms with Crippen LogP contribution in [0.15, 0.2) is 0 Å². The Bertz CT molecular complexity index is 285. The molecule has 2 aliphatic heterocycles. The number of morpholine rings is 1. The highest BCUT2D eigenvalue weighted by atomic mass is 16.5. The summed E-state index contributed by atoms with van der Waals surface area (Å²) in [4.78, 5) is 24.9. The van der Waals surface area contributed by atoms with Crippen LogP contribution in [0, 0.1) is 0 Å². The van der Waals surface area contributed by atoms with Crippen molar-refractivity contribution in [2.45, 2.75) is 19.0 Å². The molecule has 16 heavy (non-hydrogen) atoms. The molecule has 6 heteroatoms. The van der Waals surface area contributed by atoms with E-state index in [1.807, 2.05) is 11.8 Å². The van der Waals surface area contributed by atoms with Crippen molar-refractivity contribution in [3.63, 3.8) is 0 Å². The maximum Gasteiger partial charge on any atom is 0.241 e. The van der Waals surface area contributed by atoms with E-state index in [1.54, 1.807) is 0 Å². The summed E-state index contributed by atoms with van der Waals surface area (Å²) in [6.45, 7) is 4.38. The predicted octanol–water partition coefficient (Wildman–Crippen LogP) is -1.68. The predicted molar refractivity (Wildman–Crippen MR) is 56.8 cm³/mol. The Morgan fingerprint density at radius 3 is 3.00 bits per heavy atom. The van der Waals surface area contributed by atoms with Crippen molar-refractivity contribution in [1.82, 2.24) is 15.5 Å². The van der Waals surface area contributed by atoms with Gasteiger partial charge in [-0.05, 0) is 6.92 Å². The maximum absolute atomic E-state index is 12.1. The van der Waals surface area contributed by atoms with Crippen LogP contribution in [-0.2, 0) is 14.3 Å². The Balaban J connectivity index is 1.93. The number of ether oxygens (including phenoxy) is 1. The van der Waals surface area contributed by atoms with Gasteiger partial charge in [0, 0.05) is 13.1 Å². The molecule has 0 aromatic carbocycles. The standard InChI is InChI=1S/C10H17N3O3/c1-7-6-16-3-2-13(7)10(15)8-4-12-9(14)5-11-8/h7-8,11H,2-6H2,1H3,(H,12,14)/t7-,8?/m1/s1. The van der Waals surface area contributed by atoms with Crippen molar-refractivity contribution in [1.29, 1.82) is 0 Å². The Labute approximate surface area is 94.3 Å². The molecule has 6 nitrogen and oxygen atoms in total. The third-order valence-electron chi connectivity index (χ3n) is 2.96. The Hall–Kier alpha value is -1.14. The smallest absolute Gasteiger partial charge is 0.241 e. The fraction of sp³-hybridized carbons (Fsp3) is 0.800. The van der Waals surface area contributed by atoms with Crippen LogP contribution in [0.4, 0.5) is 0 Å². The van der Waals surface area contributed by atoms with Crippen LogP contribution >= 0.6 is 0 Å². The van der Waals surface area contributed by atoms with E-state index >= 15 is 0 Å². The van der Waals surface area contributed by atoms with Gasteiger partial charge in [0.1, 0.15) is 6.04 Å². The second-order valence-corrected chi connectivity index (χ2v) is 4.19. The van der Waals surface area contributed by atoms with Crippen LogP contribution in [0.25, 0.3) is 0 Å². The molecule has 0 aromatic rings. The number of hydrogen-bond acceptors (Lipinski definition) is 4. The number of carbonyl (C=O) groups excluding carboxylic acids is 2. The molecule has 0 radical (unpaired) electrons. The SMILES string of the molecule is C[C@@H]1COCCN1C(=O)C1CNC(=O)CN1. The normalized spacial score (nSPS) is 31.1. The number of amides is 2. The van der Waals surface area contributed by atoms with Crippen LogP contribution in [0.5, 0.6) is 0 Å². The molecule has 0 saturated carbocycles. The van der Waals surface area contributed by atoms with Gasteiger partial charge in [-0.3, -0.25) is 14.9 Å². The molecule has 0 aromatic heterocycles. The zero-order valence-electron chi connectivity index (χ0n) is 9.36. The number of piperazine rings is 1. The van der Waals surface area contributed by atoms with E-state index < -0.39 is 0 Å². The monoisotopic (exact) mass is 227 g/mol. The maximum atomic E-state index is 12.1. The molecule has 2 N–H and O–H groups in total. The van der Waals surface area contributed by atoms with Crippen molar-refractivity contribution in [3.8, 4) is 0 Å². The molecule has 2 amide bonds. The molecule has 2 rings (SSSR count). The molecule has 0 aliphatic carbocycles. The van der Waals surface area contributed by atoms with Crippen LogP contribution in [0.2, 0.25) is 0 Å². The molecule has 2 aliphatic rings. The number of nitrogens with one attached hydrogen (secondary N) is 2. The highest BCUT2D eigenvalue weighted by Crippen LogP contribution is 2.08. The molecule has 2 atom stereocenters. The van der Waals surface area contributed by atoms with Crippen LogP contribution in [0.1, 0.15) is 6.92 Å². The van der Waals surface area contributed by atoms with Crippen molar-refractivity contribution >= 4 is 11.8 Å². The summed E-state index contributed by atoms with van der Waals surface area (Å²) in [6.07, 6.45) is 0. The van der Waals surface area contributed by atoms with Crippen molar-refractivity contribution < 1.29 is 14.3 Å². The zero-order chi connectivity index (χ0) is 11.5. The highest BCUT2D eigenvalue weighted by Gasteiger charge is 2.31. The lowest BCUT2D eigenvalue weighted by atomic mass is 10.1. The minimum absolute atomic E-state index is 0.0517. The van der Waals surface area contributed by atoms with Crippen molar-refractivity contribution in [2.75, 3.05) is 32.8 Å². The Morgan fingerprint density at radius 1 is 1.56 bits per heavy atom. The zero-order valence-corrected chi connectivity index (χ0v) is 9.36. The van der Waals surface area contributed by atoms with E-state index in [0.29, 0.717) is 26.3 Å². The molecule has 0 bridgehead atoms. The average molecular weight is 227 g/mol. The first kappa shape index (κ1) is 11.3. The number of rotatable bonds is 1. The molecule has 90 valence electrons. The van der Waals surface area contributed by atoms with Gasteiger partial charge in [-0.25, -0.2) is 0 Å². The summed E-state index contributed by atoms with van der Waals surface area (Å²) < 4.78 is 5.28. The minimum atomic E-state index is -0.293. The van der Waals surface area contributed by atoms with Gasteiger partial charge in [0.25, 0.3) is 0 Å². The lowest BCUT2D eigenvalue weighted by molar-refractivity contribution is -0.142. The molecular formula is C10H17N3O3. The second-order valence-electron chi connectivity index (χ2n) is 4.19. The Morgan fingerprint density at radius 2 is 2.38 bits per heavy atom. The topological polar surface area (TPSA) is 70.7 Å². The van der Waals surface area contributed by atoms with Gasteiger partial charge >= 0.3 is 0 Å². The minimum Gasteiger partial charge on any atom is -0.377 e. The van der Waals surface area contributed by atoms with E-state index in [1.165, 1.54) is 0 Å². The van der Waals surface area contributed by atoms with Crippen LogP contribution in [-0.4, -0.2) is 61.6 Å². The van der Waals surface area contributed by atoms with E-state index in [0.717, 1.165) is 0 Å². The van der Waals surface area contributed by atoms with E-state index in [9.17, 15) is 9.59 Å². The van der Waals surface area contributed by atoms with Gasteiger partial charge in [-0.1, -0.05) is 0 Å². The molecule has 0 spiro atoms. The van der Waals surface area contributed by atoms with Gasteiger partial charge in [0.2, 0.25) is 11.8 Å². The third-order valence-corrected chi connectivity index (χ3v) is 2.96. The summed E-state index contributed by atoms with van der Waals surface area (Å²) in [5.41, 5.74) is 0. The van der Waals surface area contributed by atoms with E-state index in [2.05, 4.69) is 10.6 Å².